The number of rotatable bonds is 2. The van der Waals surface area contributed by atoms with Gasteiger partial charge in [-0.05, 0) is 17.7 Å². The zero-order valence-corrected chi connectivity index (χ0v) is 10.9. The summed E-state index contributed by atoms with van der Waals surface area (Å²) in [5.74, 6) is 0.656. The fraction of sp³-hybridized carbons (Fsp3) is 0.333. The first-order valence-electron chi connectivity index (χ1n) is 5.27. The molecule has 0 aromatic heterocycles. The largest absolute Gasteiger partial charge is 0.497 e. The summed E-state index contributed by atoms with van der Waals surface area (Å²) < 4.78 is 5.84. The van der Waals surface area contributed by atoms with Crippen molar-refractivity contribution in [2.45, 2.75) is 18.9 Å². The lowest BCUT2D eigenvalue weighted by Gasteiger charge is -2.23. The molecule has 0 aliphatic carbocycles. The van der Waals surface area contributed by atoms with E-state index < -0.39 is 6.04 Å². The van der Waals surface area contributed by atoms with Crippen LogP contribution in [0, 0.1) is 0 Å². The molecule has 1 aromatic rings. The zero-order chi connectivity index (χ0) is 12.4. The highest BCUT2D eigenvalue weighted by atomic mass is 79.9. The second-order valence-corrected chi connectivity index (χ2v) is 4.71. The molecular weight excluding hydrogens is 286 g/mol. The summed E-state index contributed by atoms with van der Waals surface area (Å²) in [5, 5.41) is 2.70. The van der Waals surface area contributed by atoms with Crippen molar-refractivity contribution >= 4 is 27.6 Å². The number of methoxy groups -OCH3 is 1. The van der Waals surface area contributed by atoms with Gasteiger partial charge in [-0.25, -0.2) is 0 Å². The van der Waals surface area contributed by atoms with Crippen LogP contribution in [-0.4, -0.2) is 18.8 Å². The van der Waals surface area contributed by atoms with Crippen molar-refractivity contribution in [2.75, 3.05) is 7.11 Å². The lowest BCUT2D eigenvalue weighted by Crippen LogP contribution is -2.38. The maximum absolute atomic E-state index is 11.8. The molecule has 0 saturated carbocycles. The smallest absolute Gasteiger partial charge is 0.221 e. The van der Waals surface area contributed by atoms with Crippen molar-refractivity contribution in [3.8, 4) is 5.75 Å². The number of piperidine rings is 1. The fourth-order valence-corrected chi connectivity index (χ4v) is 2.40. The Morgan fingerprint density at radius 3 is 2.76 bits per heavy atom. The van der Waals surface area contributed by atoms with Gasteiger partial charge in [-0.15, -0.1) is 0 Å². The molecule has 0 radical (unpaired) electrons. The van der Waals surface area contributed by atoms with Crippen molar-refractivity contribution in [2.24, 2.45) is 0 Å². The average molecular weight is 298 g/mol. The molecule has 4 nitrogen and oxygen atoms in total. The van der Waals surface area contributed by atoms with Crippen molar-refractivity contribution < 1.29 is 14.3 Å². The average Bonchev–Trinajstić information content (AvgIpc) is 2.32. The summed E-state index contributed by atoms with van der Waals surface area (Å²) in [6.45, 7) is 0. The Bertz CT molecular complexity index is 473. The second-order valence-electron chi connectivity index (χ2n) is 3.85. The van der Waals surface area contributed by atoms with E-state index in [2.05, 4.69) is 21.2 Å². The molecule has 1 aromatic carbocycles. The van der Waals surface area contributed by atoms with E-state index in [9.17, 15) is 9.59 Å². The van der Waals surface area contributed by atoms with E-state index in [4.69, 9.17) is 4.74 Å². The molecule has 1 atom stereocenters. The van der Waals surface area contributed by atoms with E-state index in [1.807, 2.05) is 0 Å². The van der Waals surface area contributed by atoms with Gasteiger partial charge < -0.3 is 10.1 Å². The van der Waals surface area contributed by atoms with Crippen LogP contribution in [0.25, 0.3) is 0 Å². The van der Waals surface area contributed by atoms with Crippen LogP contribution in [0.3, 0.4) is 0 Å². The molecule has 1 amide bonds. The highest BCUT2D eigenvalue weighted by Gasteiger charge is 2.28. The number of Topliss-reactive ketones (excluding diaryl/α,β-unsaturated/α-hetero) is 1. The number of carbonyl (C=O) groups excluding carboxylic acids is 2. The van der Waals surface area contributed by atoms with E-state index in [1.165, 1.54) is 0 Å². The van der Waals surface area contributed by atoms with Crippen molar-refractivity contribution in [1.82, 2.24) is 5.32 Å². The predicted octanol–water partition coefficient (Wildman–Crippen LogP) is 1.98. The van der Waals surface area contributed by atoms with Crippen molar-refractivity contribution in [3.63, 3.8) is 0 Å². The summed E-state index contributed by atoms with van der Waals surface area (Å²) in [6, 6.07) is 4.80. The molecule has 1 aliphatic heterocycles. The third kappa shape index (κ3) is 2.49. The summed E-state index contributed by atoms with van der Waals surface area (Å²) in [4.78, 5) is 23.1. The van der Waals surface area contributed by atoms with Gasteiger partial charge in [0, 0.05) is 17.3 Å². The van der Waals surface area contributed by atoms with E-state index in [1.54, 1.807) is 25.3 Å². The monoisotopic (exact) mass is 297 g/mol. The van der Waals surface area contributed by atoms with Gasteiger partial charge in [-0.1, -0.05) is 22.0 Å². The van der Waals surface area contributed by atoms with E-state index >= 15 is 0 Å². The highest BCUT2D eigenvalue weighted by Crippen LogP contribution is 2.30. The molecule has 5 heteroatoms. The lowest BCUT2D eigenvalue weighted by molar-refractivity contribution is -0.133. The van der Waals surface area contributed by atoms with Crippen molar-refractivity contribution in [1.29, 1.82) is 0 Å². The minimum atomic E-state index is -0.545. The Morgan fingerprint density at radius 1 is 1.35 bits per heavy atom. The minimum Gasteiger partial charge on any atom is -0.497 e. The summed E-state index contributed by atoms with van der Waals surface area (Å²) in [6.07, 6.45) is 0.581. The summed E-state index contributed by atoms with van der Waals surface area (Å²) in [7, 11) is 1.58. The molecule has 1 heterocycles. The van der Waals surface area contributed by atoms with E-state index in [0.717, 1.165) is 10.0 Å². The van der Waals surface area contributed by atoms with Crippen LogP contribution in [0.1, 0.15) is 24.4 Å². The minimum absolute atomic E-state index is 0.0375. The number of ketones is 1. The number of ether oxygens (including phenoxy) is 1. The zero-order valence-electron chi connectivity index (χ0n) is 9.33. The Morgan fingerprint density at radius 2 is 2.12 bits per heavy atom. The molecular formula is C12H12BrNO3. The molecule has 0 bridgehead atoms. The number of hydrogen-bond donors (Lipinski definition) is 1. The molecule has 1 fully saturated rings. The standard InChI is InChI=1S/C12H12BrNO3/c1-17-7-2-3-8(9(13)6-7)12-10(15)4-5-11(16)14-12/h2-3,6,12H,4-5H2,1H3,(H,14,16). The molecule has 1 N–H and O–H groups in total. The maximum Gasteiger partial charge on any atom is 0.221 e. The molecule has 90 valence electrons. The third-order valence-electron chi connectivity index (χ3n) is 2.74. The Labute approximate surface area is 107 Å². The first-order valence-corrected chi connectivity index (χ1v) is 6.06. The quantitative estimate of drug-likeness (QED) is 0.908. The third-order valence-corrected chi connectivity index (χ3v) is 3.43. The topological polar surface area (TPSA) is 55.4 Å². The number of halogens is 1. The van der Waals surface area contributed by atoms with Crippen molar-refractivity contribution in [3.05, 3.63) is 28.2 Å². The van der Waals surface area contributed by atoms with E-state index in [0.29, 0.717) is 12.2 Å². The summed E-state index contributed by atoms with van der Waals surface area (Å²) in [5.41, 5.74) is 0.767. The molecule has 0 spiro atoms. The predicted molar refractivity (Wildman–Crippen MR) is 65.8 cm³/mol. The fourth-order valence-electron chi connectivity index (χ4n) is 1.81. The number of benzene rings is 1. The molecule has 1 unspecified atom stereocenters. The number of nitrogens with one attached hydrogen (secondary N) is 1. The SMILES string of the molecule is COc1ccc(C2NC(=O)CCC2=O)c(Br)c1. The van der Waals surface area contributed by atoms with Gasteiger partial charge in [0.2, 0.25) is 5.91 Å². The molecule has 17 heavy (non-hydrogen) atoms. The van der Waals surface area contributed by atoms with Gasteiger partial charge in [-0.3, -0.25) is 9.59 Å². The second kappa shape index (κ2) is 4.87. The van der Waals surface area contributed by atoms with Gasteiger partial charge in [0.05, 0.1) is 7.11 Å². The first-order chi connectivity index (χ1) is 8.11. The first kappa shape index (κ1) is 12.1. The maximum atomic E-state index is 11.8. The lowest BCUT2D eigenvalue weighted by atomic mass is 9.96. The highest BCUT2D eigenvalue weighted by molar-refractivity contribution is 9.10. The summed E-state index contributed by atoms with van der Waals surface area (Å²) >= 11 is 3.39. The van der Waals surface area contributed by atoms with Gasteiger partial charge in [0.25, 0.3) is 0 Å². The number of amides is 1. The van der Waals surface area contributed by atoms with Crippen LogP contribution in [0.15, 0.2) is 22.7 Å². The molecule has 2 rings (SSSR count). The Balaban J connectivity index is 2.32. The Hall–Kier alpha value is -1.36. The van der Waals surface area contributed by atoms with Crippen LogP contribution < -0.4 is 10.1 Å². The molecule has 1 saturated heterocycles. The van der Waals surface area contributed by atoms with Crippen LogP contribution in [0.5, 0.6) is 5.75 Å². The van der Waals surface area contributed by atoms with Gasteiger partial charge in [0.1, 0.15) is 11.8 Å². The van der Waals surface area contributed by atoms with Gasteiger partial charge >= 0.3 is 0 Å². The van der Waals surface area contributed by atoms with Crippen LogP contribution in [-0.2, 0) is 9.59 Å². The Kier molecular flexibility index (Phi) is 3.47. The normalized spacial score (nSPS) is 20.0. The van der Waals surface area contributed by atoms with Gasteiger partial charge in [0.15, 0.2) is 5.78 Å². The van der Waals surface area contributed by atoms with Gasteiger partial charge in [-0.2, -0.15) is 0 Å². The van der Waals surface area contributed by atoms with Crippen LogP contribution in [0.2, 0.25) is 0 Å². The van der Waals surface area contributed by atoms with E-state index in [-0.39, 0.29) is 18.1 Å². The molecule has 1 aliphatic rings. The number of carbonyl (C=O) groups is 2. The number of hydrogen-bond acceptors (Lipinski definition) is 3. The van der Waals surface area contributed by atoms with Crippen LogP contribution in [0.4, 0.5) is 0 Å². The van der Waals surface area contributed by atoms with Crippen LogP contribution >= 0.6 is 15.9 Å².